The van der Waals surface area contributed by atoms with Crippen molar-refractivity contribution in [3.63, 3.8) is 0 Å². The second-order valence-corrected chi connectivity index (χ2v) is 6.02. The van der Waals surface area contributed by atoms with Crippen molar-refractivity contribution < 1.29 is 26.1 Å². The zero-order valence-corrected chi connectivity index (χ0v) is 11.6. The molecule has 5 nitrogen and oxygen atoms in total. The lowest BCUT2D eigenvalue weighted by molar-refractivity contribution is -0.137. The molecule has 2 rings (SSSR count). The molecule has 0 atom stereocenters. The van der Waals surface area contributed by atoms with Crippen molar-refractivity contribution in [2.24, 2.45) is 0 Å². The second-order valence-electron chi connectivity index (χ2n) is 4.25. The highest BCUT2D eigenvalue weighted by Gasteiger charge is 2.30. The Hall–Kier alpha value is -1.87. The van der Waals surface area contributed by atoms with E-state index in [1.54, 1.807) is 6.92 Å². The van der Waals surface area contributed by atoms with E-state index in [1.165, 1.54) is 6.20 Å². The minimum Gasteiger partial charge on any atom is -0.361 e. The monoisotopic (exact) mass is 320 g/mol. The summed E-state index contributed by atoms with van der Waals surface area (Å²) in [5, 5.41) is 3.50. The lowest BCUT2D eigenvalue weighted by atomic mass is 10.2. The van der Waals surface area contributed by atoms with Crippen molar-refractivity contribution in [3.8, 4) is 0 Å². The molecule has 1 heterocycles. The number of aromatic nitrogens is 1. The maximum atomic E-state index is 12.4. The summed E-state index contributed by atoms with van der Waals surface area (Å²) in [4.78, 5) is -0.246. The molecule has 114 valence electrons. The van der Waals surface area contributed by atoms with Crippen LogP contribution in [0.4, 0.5) is 13.2 Å². The third-order valence-electron chi connectivity index (χ3n) is 2.79. The van der Waals surface area contributed by atoms with Gasteiger partial charge in [0.25, 0.3) is 0 Å². The zero-order valence-electron chi connectivity index (χ0n) is 10.8. The maximum Gasteiger partial charge on any atom is 0.416 e. The van der Waals surface area contributed by atoms with Gasteiger partial charge in [-0.2, -0.15) is 13.2 Å². The number of alkyl halides is 3. The molecule has 0 spiro atoms. The number of sulfonamides is 1. The molecule has 0 aliphatic heterocycles. The number of rotatable bonds is 4. The third-order valence-corrected chi connectivity index (χ3v) is 4.21. The molecular formula is C12H11F3N2O3S. The number of nitrogens with zero attached hydrogens (tertiary/aromatic N) is 1. The Morgan fingerprint density at radius 2 is 1.86 bits per heavy atom. The number of aryl methyl sites for hydroxylation is 1. The third kappa shape index (κ3) is 3.61. The van der Waals surface area contributed by atoms with Crippen LogP contribution in [0.5, 0.6) is 0 Å². The van der Waals surface area contributed by atoms with E-state index in [0.29, 0.717) is 11.3 Å². The number of halogens is 3. The first kappa shape index (κ1) is 15.5. The van der Waals surface area contributed by atoms with Crippen LogP contribution >= 0.6 is 0 Å². The van der Waals surface area contributed by atoms with Gasteiger partial charge in [-0.15, -0.1) is 0 Å². The lowest BCUT2D eigenvalue weighted by Crippen LogP contribution is -2.23. The molecule has 2 aromatic rings. The summed E-state index contributed by atoms with van der Waals surface area (Å²) >= 11 is 0. The lowest BCUT2D eigenvalue weighted by Gasteiger charge is -2.09. The molecule has 21 heavy (non-hydrogen) atoms. The molecule has 0 aliphatic rings. The van der Waals surface area contributed by atoms with Gasteiger partial charge in [-0.3, -0.25) is 0 Å². The molecule has 0 fully saturated rings. The first-order valence-electron chi connectivity index (χ1n) is 5.77. The van der Waals surface area contributed by atoms with Crippen molar-refractivity contribution in [1.82, 2.24) is 9.88 Å². The van der Waals surface area contributed by atoms with Crippen molar-refractivity contribution in [2.75, 3.05) is 0 Å². The van der Waals surface area contributed by atoms with Gasteiger partial charge in [-0.1, -0.05) is 5.16 Å². The van der Waals surface area contributed by atoms with Crippen LogP contribution in [0.15, 0.2) is 39.9 Å². The molecule has 1 aromatic heterocycles. The van der Waals surface area contributed by atoms with Gasteiger partial charge in [0.15, 0.2) is 0 Å². The topological polar surface area (TPSA) is 72.2 Å². The van der Waals surface area contributed by atoms with Crippen molar-refractivity contribution in [3.05, 3.63) is 47.3 Å². The fraction of sp³-hybridized carbons (Fsp3) is 0.250. The van der Waals surface area contributed by atoms with Crippen LogP contribution < -0.4 is 4.72 Å². The minimum atomic E-state index is -4.50. The van der Waals surface area contributed by atoms with E-state index in [0.717, 1.165) is 24.3 Å². The van der Waals surface area contributed by atoms with Crippen molar-refractivity contribution >= 4 is 10.0 Å². The van der Waals surface area contributed by atoms with Crippen molar-refractivity contribution in [2.45, 2.75) is 24.5 Å². The fourth-order valence-corrected chi connectivity index (χ4v) is 2.57. The van der Waals surface area contributed by atoms with Gasteiger partial charge in [0, 0.05) is 12.1 Å². The van der Waals surface area contributed by atoms with Gasteiger partial charge >= 0.3 is 6.18 Å². The molecule has 9 heteroatoms. The van der Waals surface area contributed by atoms with Crippen LogP contribution in [0, 0.1) is 6.92 Å². The molecular weight excluding hydrogens is 309 g/mol. The Kier molecular flexibility index (Phi) is 4.06. The van der Waals surface area contributed by atoms with E-state index in [-0.39, 0.29) is 11.4 Å². The maximum absolute atomic E-state index is 12.4. The summed E-state index contributed by atoms with van der Waals surface area (Å²) < 4.78 is 68.2. The van der Waals surface area contributed by atoms with Crippen LogP contribution in [-0.2, 0) is 22.7 Å². The zero-order chi connectivity index (χ0) is 15.7. The predicted octanol–water partition coefficient (Wildman–Crippen LogP) is 2.48. The average molecular weight is 320 g/mol. The molecule has 0 bridgehead atoms. The number of hydrogen-bond acceptors (Lipinski definition) is 4. The Bertz CT molecular complexity index is 721. The Labute approximate surface area is 118 Å². The minimum absolute atomic E-state index is 0.0569. The Morgan fingerprint density at radius 3 is 2.33 bits per heavy atom. The fourth-order valence-electron chi connectivity index (χ4n) is 1.57. The van der Waals surface area contributed by atoms with Gasteiger partial charge < -0.3 is 4.52 Å². The quantitative estimate of drug-likeness (QED) is 0.939. The molecule has 0 radical (unpaired) electrons. The van der Waals surface area contributed by atoms with Crippen LogP contribution in [0.1, 0.15) is 16.9 Å². The largest absolute Gasteiger partial charge is 0.416 e. The molecule has 0 saturated heterocycles. The standard InChI is InChI=1S/C12H11F3N2O3S/c1-8-9(6-16-20-8)7-17-21(18,19)11-4-2-10(3-5-11)12(13,14)15/h2-6,17H,7H2,1H3. The van der Waals surface area contributed by atoms with E-state index in [1.807, 2.05) is 0 Å². The average Bonchev–Trinajstić information content (AvgIpc) is 2.81. The van der Waals surface area contributed by atoms with E-state index in [9.17, 15) is 21.6 Å². The van der Waals surface area contributed by atoms with Crippen LogP contribution in [0.2, 0.25) is 0 Å². The number of hydrogen-bond donors (Lipinski definition) is 1. The predicted molar refractivity (Wildman–Crippen MR) is 66.7 cm³/mol. The van der Waals surface area contributed by atoms with E-state index < -0.39 is 21.8 Å². The smallest absolute Gasteiger partial charge is 0.361 e. The summed E-state index contributed by atoms with van der Waals surface area (Å²) in [6.07, 6.45) is -3.14. The van der Waals surface area contributed by atoms with Crippen molar-refractivity contribution in [1.29, 1.82) is 0 Å². The summed E-state index contributed by atoms with van der Waals surface area (Å²) in [6.45, 7) is 1.56. The Balaban J connectivity index is 2.14. The molecule has 0 unspecified atom stereocenters. The first-order chi connectivity index (χ1) is 9.70. The number of nitrogens with one attached hydrogen (secondary N) is 1. The highest BCUT2D eigenvalue weighted by molar-refractivity contribution is 7.89. The highest BCUT2D eigenvalue weighted by atomic mass is 32.2. The first-order valence-corrected chi connectivity index (χ1v) is 7.25. The molecule has 1 N–H and O–H groups in total. The van der Waals surface area contributed by atoms with E-state index in [2.05, 4.69) is 9.88 Å². The molecule has 0 saturated carbocycles. The summed E-state index contributed by atoms with van der Waals surface area (Å²) in [5.74, 6) is 0.463. The highest BCUT2D eigenvalue weighted by Crippen LogP contribution is 2.29. The molecule has 0 amide bonds. The second kappa shape index (κ2) is 5.49. The molecule has 1 aromatic carbocycles. The number of benzene rings is 1. The summed E-state index contributed by atoms with van der Waals surface area (Å²) in [7, 11) is -3.90. The van der Waals surface area contributed by atoms with Gasteiger partial charge in [0.1, 0.15) is 5.76 Å². The van der Waals surface area contributed by atoms with Gasteiger partial charge in [-0.05, 0) is 31.2 Å². The normalized spacial score (nSPS) is 12.6. The Morgan fingerprint density at radius 1 is 1.24 bits per heavy atom. The van der Waals surface area contributed by atoms with Crippen LogP contribution in [-0.4, -0.2) is 13.6 Å². The van der Waals surface area contributed by atoms with E-state index in [4.69, 9.17) is 4.52 Å². The summed E-state index contributed by atoms with van der Waals surface area (Å²) in [6, 6.07) is 3.26. The van der Waals surface area contributed by atoms with Gasteiger partial charge in [0.2, 0.25) is 10.0 Å². The SMILES string of the molecule is Cc1oncc1CNS(=O)(=O)c1ccc(C(F)(F)F)cc1. The van der Waals surface area contributed by atoms with Gasteiger partial charge in [0.05, 0.1) is 16.7 Å². The van der Waals surface area contributed by atoms with E-state index >= 15 is 0 Å². The van der Waals surface area contributed by atoms with Crippen LogP contribution in [0.3, 0.4) is 0 Å². The van der Waals surface area contributed by atoms with Gasteiger partial charge in [-0.25, -0.2) is 13.1 Å². The molecule has 0 aliphatic carbocycles. The summed E-state index contributed by atoms with van der Waals surface area (Å²) in [5.41, 5.74) is -0.359. The van der Waals surface area contributed by atoms with Crippen LogP contribution in [0.25, 0.3) is 0 Å².